The molecule has 1 atom stereocenters. The van der Waals surface area contributed by atoms with E-state index in [1.165, 1.54) is 0 Å². The molecule has 0 heterocycles. The molecule has 1 rings (SSSR count). The van der Waals surface area contributed by atoms with Crippen LogP contribution >= 0.6 is 11.6 Å². The molecule has 2 nitrogen and oxygen atoms in total. The summed E-state index contributed by atoms with van der Waals surface area (Å²) in [5.74, 6) is 1.78. The molecule has 0 spiro atoms. The number of ether oxygens (including phenoxy) is 1. The molecule has 1 unspecified atom stereocenters. The van der Waals surface area contributed by atoms with E-state index in [9.17, 15) is 4.79 Å². The van der Waals surface area contributed by atoms with Crippen LogP contribution in [0.3, 0.4) is 0 Å². The van der Waals surface area contributed by atoms with Gasteiger partial charge in [-0.1, -0.05) is 32.4 Å². The minimum absolute atomic E-state index is 0.220. The van der Waals surface area contributed by atoms with Crippen molar-refractivity contribution in [2.24, 2.45) is 5.92 Å². The van der Waals surface area contributed by atoms with Gasteiger partial charge in [0.15, 0.2) is 0 Å². The maximum Gasteiger partial charge on any atom is 0.130 e. The summed E-state index contributed by atoms with van der Waals surface area (Å²) in [5.41, 5.74) is 2.22. The molecule has 1 aromatic carbocycles. The van der Waals surface area contributed by atoms with Crippen LogP contribution in [-0.4, -0.2) is 12.9 Å². The Hall–Kier alpha value is -1.02. The van der Waals surface area contributed by atoms with E-state index in [-0.39, 0.29) is 5.78 Å². The first-order chi connectivity index (χ1) is 8.85. The first-order valence-corrected chi connectivity index (χ1v) is 7.08. The highest BCUT2D eigenvalue weighted by Crippen LogP contribution is 2.34. The molecule has 3 heteroatoms. The van der Waals surface area contributed by atoms with Crippen molar-refractivity contribution in [3.8, 4) is 5.75 Å². The van der Waals surface area contributed by atoms with Crippen molar-refractivity contribution in [3.63, 3.8) is 0 Å². The number of hydrogen-bond donors (Lipinski definition) is 0. The number of carbonyl (C=O) groups excluding carboxylic acids is 1. The quantitative estimate of drug-likeness (QED) is 0.760. The van der Waals surface area contributed by atoms with E-state index in [2.05, 4.69) is 20.8 Å². The lowest BCUT2D eigenvalue weighted by molar-refractivity contribution is -0.117. The fraction of sp³-hybridized carbons (Fsp3) is 0.562. The number of methoxy groups -OCH3 is 1. The second kappa shape index (κ2) is 6.95. The smallest absolute Gasteiger partial charge is 0.130 e. The molecule has 0 bridgehead atoms. The van der Waals surface area contributed by atoms with Crippen molar-refractivity contribution in [1.29, 1.82) is 0 Å². The third-order valence-corrected chi connectivity index (χ3v) is 3.41. The first kappa shape index (κ1) is 16.0. The van der Waals surface area contributed by atoms with Gasteiger partial charge in [0.2, 0.25) is 0 Å². The Morgan fingerprint density at radius 2 is 1.95 bits per heavy atom. The Balaban J connectivity index is 3.08. The molecule has 0 N–H and O–H groups in total. The highest BCUT2D eigenvalue weighted by atomic mass is 35.5. The van der Waals surface area contributed by atoms with E-state index in [0.29, 0.717) is 18.3 Å². The maximum absolute atomic E-state index is 11.2. The van der Waals surface area contributed by atoms with Gasteiger partial charge < -0.3 is 9.53 Å². The zero-order chi connectivity index (χ0) is 14.6. The lowest BCUT2D eigenvalue weighted by Crippen LogP contribution is -2.07. The standard InChI is InChI=1S/C16H23ClO2/c1-10(2)15-9-14(17)8-13(16(15)19-5)7-11(3)6-12(4)18/h8-11H,6-7H2,1-5H3. The molecular weight excluding hydrogens is 260 g/mol. The van der Waals surface area contributed by atoms with Crippen LogP contribution in [0.1, 0.15) is 51.2 Å². The summed E-state index contributed by atoms with van der Waals surface area (Å²) in [6.45, 7) is 7.95. The number of benzene rings is 1. The van der Waals surface area contributed by atoms with Crippen molar-refractivity contribution in [2.75, 3.05) is 7.11 Å². The van der Waals surface area contributed by atoms with Gasteiger partial charge in [0, 0.05) is 11.4 Å². The molecule has 106 valence electrons. The van der Waals surface area contributed by atoms with Gasteiger partial charge in [-0.3, -0.25) is 0 Å². The van der Waals surface area contributed by atoms with E-state index >= 15 is 0 Å². The van der Waals surface area contributed by atoms with Gasteiger partial charge >= 0.3 is 0 Å². The lowest BCUT2D eigenvalue weighted by Gasteiger charge is -2.19. The maximum atomic E-state index is 11.2. The third kappa shape index (κ3) is 4.54. The van der Waals surface area contributed by atoms with Gasteiger partial charge in [-0.25, -0.2) is 0 Å². The normalized spacial score (nSPS) is 12.6. The molecular formula is C16H23ClO2. The van der Waals surface area contributed by atoms with Gasteiger partial charge in [-0.05, 0) is 48.4 Å². The lowest BCUT2D eigenvalue weighted by atomic mass is 9.92. The monoisotopic (exact) mass is 282 g/mol. The predicted octanol–water partition coefficient (Wildman–Crippen LogP) is 4.63. The fourth-order valence-electron chi connectivity index (χ4n) is 2.44. The van der Waals surface area contributed by atoms with Gasteiger partial charge in [0.05, 0.1) is 7.11 Å². The van der Waals surface area contributed by atoms with E-state index in [1.807, 2.05) is 12.1 Å². The van der Waals surface area contributed by atoms with Gasteiger partial charge in [-0.15, -0.1) is 0 Å². The molecule has 0 aliphatic carbocycles. The van der Waals surface area contributed by atoms with E-state index in [1.54, 1.807) is 14.0 Å². The second-order valence-corrected chi connectivity index (χ2v) is 5.99. The number of halogens is 1. The summed E-state index contributed by atoms with van der Waals surface area (Å²) in [6.07, 6.45) is 1.40. The highest BCUT2D eigenvalue weighted by Gasteiger charge is 2.16. The van der Waals surface area contributed by atoms with Crippen LogP contribution in [0.2, 0.25) is 5.02 Å². The molecule has 19 heavy (non-hydrogen) atoms. The molecule has 0 aliphatic rings. The largest absolute Gasteiger partial charge is 0.496 e. The Labute approximate surface area is 121 Å². The summed E-state index contributed by atoms with van der Waals surface area (Å²) >= 11 is 6.19. The summed E-state index contributed by atoms with van der Waals surface area (Å²) < 4.78 is 5.56. The van der Waals surface area contributed by atoms with Crippen LogP contribution < -0.4 is 4.74 Å². The molecule has 0 saturated carbocycles. The molecule has 0 fully saturated rings. The minimum Gasteiger partial charge on any atom is -0.496 e. The van der Waals surface area contributed by atoms with Crippen LogP contribution in [0.5, 0.6) is 5.75 Å². The van der Waals surface area contributed by atoms with Gasteiger partial charge in [0.25, 0.3) is 0 Å². The number of ketones is 1. The van der Waals surface area contributed by atoms with Crippen molar-refractivity contribution < 1.29 is 9.53 Å². The van der Waals surface area contributed by atoms with Crippen molar-refractivity contribution in [1.82, 2.24) is 0 Å². The fourth-order valence-corrected chi connectivity index (χ4v) is 2.69. The second-order valence-electron chi connectivity index (χ2n) is 5.56. The molecule has 1 aromatic rings. The molecule has 0 amide bonds. The summed E-state index contributed by atoms with van der Waals surface area (Å²) in [7, 11) is 1.69. The van der Waals surface area contributed by atoms with E-state index in [0.717, 1.165) is 28.3 Å². The average Bonchev–Trinajstić information content (AvgIpc) is 2.26. The van der Waals surface area contributed by atoms with Crippen molar-refractivity contribution in [2.45, 2.75) is 46.5 Å². The average molecular weight is 283 g/mol. The third-order valence-electron chi connectivity index (χ3n) is 3.19. The van der Waals surface area contributed by atoms with Crippen LogP contribution in [0.4, 0.5) is 0 Å². The summed E-state index contributed by atoms with van der Waals surface area (Å²) in [5, 5.41) is 0.731. The topological polar surface area (TPSA) is 26.3 Å². The van der Waals surface area contributed by atoms with Crippen LogP contribution in [0, 0.1) is 5.92 Å². The number of rotatable bonds is 6. The number of Topliss-reactive ketones (excluding diaryl/α,β-unsaturated/α-hetero) is 1. The predicted molar refractivity (Wildman–Crippen MR) is 80.3 cm³/mol. The zero-order valence-electron chi connectivity index (χ0n) is 12.4. The zero-order valence-corrected chi connectivity index (χ0v) is 13.2. The van der Waals surface area contributed by atoms with Crippen LogP contribution in [-0.2, 0) is 11.2 Å². The van der Waals surface area contributed by atoms with Crippen LogP contribution in [0.15, 0.2) is 12.1 Å². The number of hydrogen-bond acceptors (Lipinski definition) is 2. The van der Waals surface area contributed by atoms with E-state index < -0.39 is 0 Å². The first-order valence-electron chi connectivity index (χ1n) is 6.70. The Morgan fingerprint density at radius 3 is 2.42 bits per heavy atom. The van der Waals surface area contributed by atoms with Gasteiger partial charge in [-0.2, -0.15) is 0 Å². The highest BCUT2D eigenvalue weighted by molar-refractivity contribution is 6.30. The Bertz CT molecular complexity index is 452. The Morgan fingerprint density at radius 1 is 1.32 bits per heavy atom. The van der Waals surface area contributed by atoms with Crippen molar-refractivity contribution >= 4 is 17.4 Å². The summed E-state index contributed by atoms with van der Waals surface area (Å²) in [4.78, 5) is 11.2. The number of carbonyl (C=O) groups is 1. The molecule has 0 radical (unpaired) electrons. The molecule has 0 aliphatic heterocycles. The molecule has 0 aromatic heterocycles. The minimum atomic E-state index is 0.220. The van der Waals surface area contributed by atoms with Crippen LogP contribution in [0.25, 0.3) is 0 Å². The van der Waals surface area contributed by atoms with E-state index in [4.69, 9.17) is 16.3 Å². The Kier molecular flexibility index (Phi) is 5.86. The van der Waals surface area contributed by atoms with Gasteiger partial charge in [0.1, 0.15) is 11.5 Å². The molecule has 0 saturated heterocycles. The van der Waals surface area contributed by atoms with Crippen molar-refractivity contribution in [3.05, 3.63) is 28.3 Å². The summed E-state index contributed by atoms with van der Waals surface area (Å²) in [6, 6.07) is 3.91. The SMILES string of the molecule is COc1c(CC(C)CC(C)=O)cc(Cl)cc1C(C)C.